The minimum atomic E-state index is -0.177. The predicted octanol–water partition coefficient (Wildman–Crippen LogP) is 12.7. The van der Waals surface area contributed by atoms with Gasteiger partial charge in [0.15, 0.2) is 0 Å². The van der Waals surface area contributed by atoms with Crippen LogP contribution >= 0.6 is 0 Å². The van der Waals surface area contributed by atoms with E-state index in [1.807, 2.05) is 6.07 Å². The highest BCUT2D eigenvalue weighted by Gasteiger charge is 2.39. The van der Waals surface area contributed by atoms with Crippen molar-refractivity contribution in [1.29, 1.82) is 0 Å². The SMILES string of the molecule is CC1(C)c2ccccc2-c2ccc(N(c3ccc4c(c3)oc3ccccc34)c3cc4oc5ccccc5c4cc3-c3ccc4c(c3)B(c3ccccc3)CB4c3ccccc3)cc21. The summed E-state index contributed by atoms with van der Waals surface area (Å²) in [4.78, 5) is 2.43. The lowest BCUT2D eigenvalue weighted by Crippen LogP contribution is -2.44. The molecule has 0 saturated carbocycles. The molecule has 11 aromatic rings. The van der Waals surface area contributed by atoms with Gasteiger partial charge in [-0.2, -0.15) is 0 Å². The molecule has 3 heterocycles. The first-order valence-electron chi connectivity index (χ1n) is 22.1. The van der Waals surface area contributed by atoms with Crippen molar-refractivity contribution in [2.24, 2.45) is 0 Å². The molecule has 0 radical (unpaired) electrons. The fourth-order valence-corrected chi connectivity index (χ4v) is 11.1. The lowest BCUT2D eigenvalue weighted by molar-refractivity contribution is 0.660. The van der Waals surface area contributed by atoms with Gasteiger partial charge in [-0.15, -0.1) is 0 Å². The Hall–Kier alpha value is -7.49. The Morgan fingerprint density at radius 1 is 0.413 bits per heavy atom. The van der Waals surface area contributed by atoms with E-state index in [2.05, 4.69) is 213 Å². The van der Waals surface area contributed by atoms with E-state index in [1.54, 1.807) is 0 Å². The highest BCUT2D eigenvalue weighted by atomic mass is 16.3. The van der Waals surface area contributed by atoms with E-state index in [4.69, 9.17) is 8.83 Å². The van der Waals surface area contributed by atoms with E-state index in [1.165, 1.54) is 49.7 Å². The molecule has 0 spiro atoms. The van der Waals surface area contributed by atoms with Crippen LogP contribution in [0.1, 0.15) is 25.0 Å². The van der Waals surface area contributed by atoms with Crippen molar-refractivity contribution >= 4 is 96.2 Å². The van der Waals surface area contributed by atoms with E-state index >= 15 is 0 Å². The molecule has 9 aromatic carbocycles. The Morgan fingerprint density at radius 2 is 0.984 bits per heavy atom. The molecule has 0 amide bonds. The molecule has 1 aliphatic carbocycles. The van der Waals surface area contributed by atoms with Crippen LogP contribution in [0.3, 0.4) is 0 Å². The molecular formula is C58H41B2NO2. The number of hydrogen-bond donors (Lipinski definition) is 0. The molecular weight excluding hydrogens is 764 g/mol. The molecule has 5 heteroatoms. The Kier molecular flexibility index (Phi) is 7.90. The van der Waals surface area contributed by atoms with Gasteiger partial charge in [0.25, 0.3) is 0 Å². The summed E-state index contributed by atoms with van der Waals surface area (Å²) >= 11 is 0. The predicted molar refractivity (Wildman–Crippen MR) is 266 cm³/mol. The monoisotopic (exact) mass is 805 g/mol. The van der Waals surface area contributed by atoms with Gasteiger partial charge in [0.1, 0.15) is 22.3 Å². The van der Waals surface area contributed by atoms with Crippen molar-refractivity contribution in [3.8, 4) is 22.3 Å². The Bertz CT molecular complexity index is 3610. The van der Waals surface area contributed by atoms with E-state index in [9.17, 15) is 0 Å². The summed E-state index contributed by atoms with van der Waals surface area (Å²) in [6.45, 7) is 5.29. The molecule has 2 aliphatic rings. The van der Waals surface area contributed by atoms with Crippen LogP contribution in [0.25, 0.3) is 66.1 Å². The van der Waals surface area contributed by atoms with Crippen LogP contribution in [0, 0.1) is 0 Å². The summed E-state index contributed by atoms with van der Waals surface area (Å²) in [6, 6.07) is 73.4. The summed E-state index contributed by atoms with van der Waals surface area (Å²) in [6.07, 6.45) is 1.03. The number of nitrogens with zero attached hydrogens (tertiary/aromatic N) is 1. The van der Waals surface area contributed by atoms with Gasteiger partial charge in [-0.3, -0.25) is 0 Å². The Balaban J connectivity index is 1.08. The first-order chi connectivity index (χ1) is 31.0. The van der Waals surface area contributed by atoms with Crippen LogP contribution in [0.15, 0.2) is 209 Å². The van der Waals surface area contributed by atoms with Gasteiger partial charge in [0.05, 0.1) is 5.69 Å². The van der Waals surface area contributed by atoms with Crippen LogP contribution in [0.2, 0.25) is 6.22 Å². The summed E-state index contributed by atoms with van der Waals surface area (Å²) in [5.41, 5.74) is 19.5. The molecule has 2 aromatic heterocycles. The minimum absolute atomic E-state index is 0.177. The van der Waals surface area contributed by atoms with Gasteiger partial charge in [0.2, 0.25) is 13.4 Å². The number of benzene rings is 9. The highest BCUT2D eigenvalue weighted by Crippen LogP contribution is 2.52. The third kappa shape index (κ3) is 5.55. The first kappa shape index (κ1) is 36.2. The Labute approximate surface area is 367 Å². The summed E-state index contributed by atoms with van der Waals surface area (Å²) in [5, 5.41) is 4.43. The van der Waals surface area contributed by atoms with Crippen molar-refractivity contribution in [2.75, 3.05) is 4.90 Å². The molecule has 0 bridgehead atoms. The second-order valence-corrected chi connectivity index (χ2v) is 18.0. The number of anilines is 3. The van der Waals surface area contributed by atoms with Gasteiger partial charge < -0.3 is 13.7 Å². The third-order valence-corrected chi connectivity index (χ3v) is 14.2. The lowest BCUT2D eigenvalue weighted by atomic mass is 9.30. The van der Waals surface area contributed by atoms with Crippen LogP contribution in [-0.2, 0) is 5.41 Å². The largest absolute Gasteiger partial charge is 0.456 e. The maximum Gasteiger partial charge on any atom is 0.202 e. The molecule has 13 rings (SSSR count). The molecule has 0 atom stereocenters. The average molecular weight is 806 g/mol. The van der Waals surface area contributed by atoms with Crippen molar-refractivity contribution in [2.45, 2.75) is 25.5 Å². The van der Waals surface area contributed by atoms with Crippen LogP contribution in [0.5, 0.6) is 0 Å². The highest BCUT2D eigenvalue weighted by molar-refractivity contribution is 7.08. The number of para-hydroxylation sites is 2. The van der Waals surface area contributed by atoms with E-state index in [-0.39, 0.29) is 12.1 Å². The maximum absolute atomic E-state index is 6.73. The second kappa shape index (κ2) is 13.8. The Morgan fingerprint density at radius 3 is 1.73 bits per heavy atom. The normalized spacial score (nSPS) is 13.9. The molecule has 3 nitrogen and oxygen atoms in total. The van der Waals surface area contributed by atoms with Crippen LogP contribution in [0.4, 0.5) is 17.1 Å². The third-order valence-electron chi connectivity index (χ3n) is 14.2. The molecule has 296 valence electrons. The quantitative estimate of drug-likeness (QED) is 0.157. The minimum Gasteiger partial charge on any atom is -0.456 e. The van der Waals surface area contributed by atoms with Crippen LogP contribution in [-0.4, -0.2) is 13.4 Å². The van der Waals surface area contributed by atoms with Gasteiger partial charge in [-0.1, -0.05) is 188 Å². The zero-order valence-corrected chi connectivity index (χ0v) is 35.2. The topological polar surface area (TPSA) is 29.5 Å². The molecule has 1 aliphatic heterocycles. The molecule has 0 fully saturated rings. The number of fused-ring (bicyclic) bond motifs is 10. The zero-order valence-electron chi connectivity index (χ0n) is 35.2. The number of rotatable bonds is 6. The lowest BCUT2D eigenvalue weighted by Gasteiger charge is -2.30. The smallest absolute Gasteiger partial charge is 0.202 e. The fraction of sp³-hybridized carbons (Fsp3) is 0.0690. The molecule has 0 saturated heterocycles. The molecule has 63 heavy (non-hydrogen) atoms. The standard InChI is InChI=1S/C58H41B2NO2/c1-58(2)49-22-12-9-19-42(49)43-28-26-40(32-50(43)58)61(41-27-29-46-44-20-10-13-23-54(44)62-56(46)33-41)53-35-57-48(45-21-11-14-24-55(45)63-57)34-47(53)37-25-30-51-52(31-37)60(39-17-7-4-8-18-39)36-59(51)38-15-5-3-6-16-38/h3-35H,36H2,1-2H3. The number of furan rings is 2. The van der Waals surface area contributed by atoms with Crippen molar-refractivity contribution in [1.82, 2.24) is 0 Å². The van der Waals surface area contributed by atoms with Crippen molar-refractivity contribution in [3.05, 3.63) is 211 Å². The van der Waals surface area contributed by atoms with Crippen molar-refractivity contribution < 1.29 is 8.83 Å². The van der Waals surface area contributed by atoms with Gasteiger partial charge in [-0.25, -0.2) is 0 Å². The molecule has 0 unspecified atom stereocenters. The van der Waals surface area contributed by atoms with E-state index in [0.29, 0.717) is 6.71 Å². The average Bonchev–Trinajstić information content (AvgIpc) is 4.07. The summed E-state index contributed by atoms with van der Waals surface area (Å²) in [7, 11) is 0. The first-order valence-corrected chi connectivity index (χ1v) is 22.1. The maximum atomic E-state index is 6.73. The summed E-state index contributed by atoms with van der Waals surface area (Å²) in [5.74, 6) is 0. The number of hydrogen-bond acceptors (Lipinski definition) is 3. The van der Waals surface area contributed by atoms with Gasteiger partial charge in [0, 0.05) is 56.0 Å². The van der Waals surface area contributed by atoms with Gasteiger partial charge >= 0.3 is 0 Å². The fourth-order valence-electron chi connectivity index (χ4n) is 11.1. The molecule has 0 N–H and O–H groups in total. The van der Waals surface area contributed by atoms with E-state index in [0.717, 1.165) is 72.7 Å². The zero-order chi connectivity index (χ0) is 41.8. The van der Waals surface area contributed by atoms with Gasteiger partial charge in [-0.05, 0) is 70.3 Å². The summed E-state index contributed by atoms with van der Waals surface area (Å²) < 4.78 is 13.3. The van der Waals surface area contributed by atoms with Crippen molar-refractivity contribution in [3.63, 3.8) is 0 Å². The van der Waals surface area contributed by atoms with Crippen LogP contribution < -0.4 is 26.8 Å². The second-order valence-electron chi connectivity index (χ2n) is 18.0. The van der Waals surface area contributed by atoms with E-state index < -0.39 is 0 Å².